The molecule has 0 aromatic heterocycles. The molecular formula is C23H31N3O3. The van der Waals surface area contributed by atoms with Crippen molar-refractivity contribution in [2.24, 2.45) is 5.10 Å². The average Bonchev–Trinajstić information content (AvgIpc) is 2.75. The van der Waals surface area contributed by atoms with Gasteiger partial charge in [-0.3, -0.25) is 4.79 Å². The number of aliphatic hydroxyl groups is 1. The van der Waals surface area contributed by atoms with Crippen LogP contribution in [-0.2, 0) is 4.79 Å². The maximum atomic E-state index is 12.0. The molecular weight excluding hydrogens is 366 g/mol. The smallest absolute Gasteiger partial charge is 0.240 e. The lowest BCUT2D eigenvalue weighted by Gasteiger charge is -2.20. The second-order valence-corrected chi connectivity index (χ2v) is 6.61. The van der Waals surface area contributed by atoms with Crippen molar-refractivity contribution >= 4 is 17.8 Å². The summed E-state index contributed by atoms with van der Waals surface area (Å²) >= 11 is 0. The Morgan fingerprint density at radius 1 is 1.10 bits per heavy atom. The van der Waals surface area contributed by atoms with Gasteiger partial charge in [-0.1, -0.05) is 24.3 Å². The van der Waals surface area contributed by atoms with Crippen molar-refractivity contribution < 1.29 is 14.6 Å². The van der Waals surface area contributed by atoms with Crippen LogP contribution in [0.2, 0.25) is 0 Å². The van der Waals surface area contributed by atoms with Crippen LogP contribution in [0.4, 0.5) is 5.69 Å². The summed E-state index contributed by atoms with van der Waals surface area (Å²) in [6, 6.07) is 15.3. The van der Waals surface area contributed by atoms with E-state index < -0.39 is 6.10 Å². The van der Waals surface area contributed by atoms with E-state index in [-0.39, 0.29) is 12.3 Å². The highest BCUT2D eigenvalue weighted by Crippen LogP contribution is 2.21. The Morgan fingerprint density at radius 3 is 2.34 bits per heavy atom. The Morgan fingerprint density at radius 2 is 1.76 bits per heavy atom. The lowest BCUT2D eigenvalue weighted by molar-refractivity contribution is -0.121. The number of aliphatic hydroxyl groups excluding tert-OH is 1. The molecule has 0 heterocycles. The first-order valence-corrected chi connectivity index (χ1v) is 10.1. The van der Waals surface area contributed by atoms with Crippen LogP contribution in [0.5, 0.6) is 5.75 Å². The molecule has 2 aromatic carbocycles. The molecule has 1 unspecified atom stereocenters. The first kappa shape index (κ1) is 22.4. The molecule has 0 aliphatic heterocycles. The van der Waals surface area contributed by atoms with Crippen LogP contribution < -0.4 is 15.1 Å². The van der Waals surface area contributed by atoms with E-state index in [0.29, 0.717) is 13.0 Å². The van der Waals surface area contributed by atoms with Gasteiger partial charge in [0.15, 0.2) is 0 Å². The SMILES string of the molecule is CCOc1ccc(C(O)CCC(=O)NN=Cc2ccc(N(CC)CC)cc2)cc1. The van der Waals surface area contributed by atoms with E-state index in [4.69, 9.17) is 4.74 Å². The molecule has 0 saturated carbocycles. The molecule has 6 nitrogen and oxygen atoms in total. The van der Waals surface area contributed by atoms with Crippen LogP contribution in [0.25, 0.3) is 0 Å². The predicted octanol–water partition coefficient (Wildman–Crippen LogP) is 3.90. The van der Waals surface area contributed by atoms with Crippen LogP contribution in [0, 0.1) is 0 Å². The summed E-state index contributed by atoms with van der Waals surface area (Å²) in [5.41, 5.74) is 5.35. The number of rotatable bonds is 11. The minimum Gasteiger partial charge on any atom is -0.494 e. The standard InChI is InChI=1S/C23H31N3O3/c1-4-26(5-2)20-11-7-18(8-12-20)17-24-25-23(28)16-15-22(27)19-9-13-21(14-10-19)29-6-3/h7-14,17,22,27H,4-6,15-16H2,1-3H3,(H,25,28). The summed E-state index contributed by atoms with van der Waals surface area (Å²) in [5.74, 6) is 0.534. The van der Waals surface area contributed by atoms with E-state index in [1.165, 1.54) is 5.69 Å². The van der Waals surface area contributed by atoms with Gasteiger partial charge in [0.1, 0.15) is 5.75 Å². The first-order valence-electron chi connectivity index (χ1n) is 10.1. The Kier molecular flexibility index (Phi) is 9.18. The van der Waals surface area contributed by atoms with Crippen molar-refractivity contribution in [2.75, 3.05) is 24.6 Å². The van der Waals surface area contributed by atoms with Gasteiger partial charge in [0.05, 0.1) is 18.9 Å². The number of carbonyl (C=O) groups excluding carboxylic acids is 1. The maximum absolute atomic E-state index is 12.0. The molecule has 0 radical (unpaired) electrons. The summed E-state index contributed by atoms with van der Waals surface area (Å²) in [6.45, 7) is 8.70. The molecule has 0 bridgehead atoms. The summed E-state index contributed by atoms with van der Waals surface area (Å²) in [5, 5.41) is 14.2. The lowest BCUT2D eigenvalue weighted by Crippen LogP contribution is -2.21. The molecule has 29 heavy (non-hydrogen) atoms. The van der Waals surface area contributed by atoms with Crippen LogP contribution in [0.1, 0.15) is 50.8 Å². The van der Waals surface area contributed by atoms with Gasteiger partial charge < -0.3 is 14.7 Å². The predicted molar refractivity (Wildman–Crippen MR) is 118 cm³/mol. The molecule has 0 saturated heterocycles. The number of anilines is 1. The number of hydrazone groups is 1. The summed E-state index contributed by atoms with van der Waals surface area (Å²) in [6.07, 6.45) is 1.43. The summed E-state index contributed by atoms with van der Waals surface area (Å²) in [7, 11) is 0. The third-order valence-electron chi connectivity index (χ3n) is 4.65. The minimum atomic E-state index is -0.701. The first-order chi connectivity index (χ1) is 14.1. The Bertz CT molecular complexity index is 769. The van der Waals surface area contributed by atoms with Crippen LogP contribution in [0.15, 0.2) is 53.6 Å². The highest BCUT2D eigenvalue weighted by atomic mass is 16.5. The monoisotopic (exact) mass is 397 g/mol. The van der Waals surface area contributed by atoms with Gasteiger partial charge in [-0.25, -0.2) is 5.43 Å². The molecule has 0 fully saturated rings. The van der Waals surface area contributed by atoms with E-state index in [1.54, 1.807) is 6.21 Å². The van der Waals surface area contributed by atoms with Gasteiger partial charge >= 0.3 is 0 Å². The van der Waals surface area contributed by atoms with Crippen molar-refractivity contribution in [3.63, 3.8) is 0 Å². The fraction of sp³-hybridized carbons (Fsp3) is 0.391. The normalized spacial score (nSPS) is 12.0. The van der Waals surface area contributed by atoms with Gasteiger partial charge in [0.25, 0.3) is 0 Å². The fourth-order valence-corrected chi connectivity index (χ4v) is 2.98. The fourth-order valence-electron chi connectivity index (χ4n) is 2.98. The Labute approximate surface area is 173 Å². The number of nitrogens with one attached hydrogen (secondary N) is 1. The molecule has 156 valence electrons. The Balaban J connectivity index is 1.77. The van der Waals surface area contributed by atoms with Crippen molar-refractivity contribution in [3.8, 4) is 5.75 Å². The zero-order chi connectivity index (χ0) is 21.1. The Hall–Kier alpha value is -2.86. The van der Waals surface area contributed by atoms with Gasteiger partial charge in [-0.15, -0.1) is 0 Å². The summed E-state index contributed by atoms with van der Waals surface area (Å²) < 4.78 is 5.39. The van der Waals surface area contributed by atoms with Crippen molar-refractivity contribution in [1.82, 2.24) is 5.43 Å². The van der Waals surface area contributed by atoms with Crippen LogP contribution in [-0.4, -0.2) is 36.9 Å². The number of amides is 1. The molecule has 0 aliphatic carbocycles. The molecule has 1 amide bonds. The number of hydrogen-bond donors (Lipinski definition) is 2. The number of ether oxygens (including phenoxy) is 1. The number of nitrogens with zero attached hydrogens (tertiary/aromatic N) is 2. The van der Waals surface area contributed by atoms with E-state index in [1.807, 2.05) is 55.5 Å². The van der Waals surface area contributed by atoms with E-state index in [2.05, 4.69) is 29.3 Å². The number of benzene rings is 2. The average molecular weight is 398 g/mol. The minimum absolute atomic E-state index is 0.187. The molecule has 2 aromatic rings. The van der Waals surface area contributed by atoms with E-state index >= 15 is 0 Å². The molecule has 2 rings (SSSR count). The van der Waals surface area contributed by atoms with Crippen LogP contribution in [0.3, 0.4) is 0 Å². The molecule has 0 aliphatic rings. The second kappa shape index (κ2) is 11.9. The highest BCUT2D eigenvalue weighted by Gasteiger charge is 2.10. The van der Waals surface area contributed by atoms with Crippen molar-refractivity contribution in [1.29, 1.82) is 0 Å². The number of carbonyl (C=O) groups is 1. The van der Waals surface area contributed by atoms with E-state index in [0.717, 1.165) is 30.0 Å². The third-order valence-corrected chi connectivity index (χ3v) is 4.65. The quantitative estimate of drug-likeness (QED) is 0.446. The second-order valence-electron chi connectivity index (χ2n) is 6.61. The maximum Gasteiger partial charge on any atom is 0.240 e. The number of hydrogen-bond acceptors (Lipinski definition) is 5. The van der Waals surface area contributed by atoms with Crippen LogP contribution >= 0.6 is 0 Å². The zero-order valence-corrected chi connectivity index (χ0v) is 17.5. The molecule has 0 spiro atoms. The van der Waals surface area contributed by atoms with Crippen molar-refractivity contribution in [2.45, 2.75) is 39.7 Å². The third kappa shape index (κ3) is 7.23. The van der Waals surface area contributed by atoms with Gasteiger partial charge in [-0.05, 0) is 62.6 Å². The van der Waals surface area contributed by atoms with Gasteiger partial charge in [-0.2, -0.15) is 5.10 Å². The summed E-state index contributed by atoms with van der Waals surface area (Å²) in [4.78, 5) is 14.2. The van der Waals surface area contributed by atoms with Gasteiger partial charge in [0.2, 0.25) is 5.91 Å². The highest BCUT2D eigenvalue weighted by molar-refractivity contribution is 5.82. The molecule has 6 heteroatoms. The molecule has 1 atom stereocenters. The van der Waals surface area contributed by atoms with Gasteiger partial charge in [0, 0.05) is 25.2 Å². The van der Waals surface area contributed by atoms with Crippen molar-refractivity contribution in [3.05, 3.63) is 59.7 Å². The zero-order valence-electron chi connectivity index (χ0n) is 17.5. The van der Waals surface area contributed by atoms with E-state index in [9.17, 15) is 9.90 Å². The largest absolute Gasteiger partial charge is 0.494 e. The lowest BCUT2D eigenvalue weighted by atomic mass is 10.0. The molecule has 2 N–H and O–H groups in total. The topological polar surface area (TPSA) is 74.2 Å².